The van der Waals surface area contributed by atoms with Gasteiger partial charge < -0.3 is 28.8 Å². The average Bonchev–Trinajstić information content (AvgIpc) is 2.36. The van der Waals surface area contributed by atoms with Crippen molar-refractivity contribution in [3.8, 4) is 0 Å². The fourth-order valence-corrected chi connectivity index (χ4v) is 1.84. The molecule has 0 radical (unpaired) electrons. The molecule has 0 saturated carbocycles. The molecule has 0 bridgehead atoms. The minimum Gasteiger partial charge on any atom is -0.467 e. The fourth-order valence-electron chi connectivity index (χ4n) is 1.84. The highest BCUT2D eigenvalue weighted by Gasteiger charge is 2.49. The quantitative estimate of drug-likeness (QED) is 0.635. The Morgan fingerprint density at radius 3 is 2.06 bits per heavy atom. The van der Waals surface area contributed by atoms with Crippen molar-refractivity contribution in [3.63, 3.8) is 0 Å². The first-order chi connectivity index (χ1) is 8.10. The van der Waals surface area contributed by atoms with E-state index in [2.05, 4.69) is 4.74 Å². The maximum absolute atomic E-state index is 11.4. The highest BCUT2D eigenvalue weighted by molar-refractivity contribution is 5.75. The molecular weight excluding hydrogens is 232 g/mol. The first-order valence-corrected chi connectivity index (χ1v) is 5.10. The van der Waals surface area contributed by atoms with Crippen LogP contribution in [0.15, 0.2) is 0 Å². The molecule has 7 heteroatoms. The second-order valence-electron chi connectivity index (χ2n) is 3.58. The largest absolute Gasteiger partial charge is 0.467 e. The van der Waals surface area contributed by atoms with Crippen LogP contribution in [0.3, 0.4) is 0 Å². The zero-order valence-corrected chi connectivity index (χ0v) is 10.3. The highest BCUT2D eigenvalue weighted by atomic mass is 16.7. The van der Waals surface area contributed by atoms with Crippen LogP contribution < -0.4 is 0 Å². The summed E-state index contributed by atoms with van der Waals surface area (Å²) >= 11 is 0. The van der Waals surface area contributed by atoms with Gasteiger partial charge in [0.1, 0.15) is 18.3 Å². The van der Waals surface area contributed by atoms with E-state index in [4.69, 9.17) is 18.9 Å². The molecule has 7 nitrogen and oxygen atoms in total. The number of aliphatic hydroxyl groups excluding tert-OH is 1. The van der Waals surface area contributed by atoms with Crippen molar-refractivity contribution >= 4 is 5.97 Å². The zero-order chi connectivity index (χ0) is 13.0. The maximum atomic E-state index is 11.4. The number of carbonyl (C=O) groups excluding carboxylic acids is 1. The number of ether oxygens (including phenoxy) is 5. The molecule has 100 valence electrons. The number of aliphatic hydroxyl groups is 1. The van der Waals surface area contributed by atoms with Gasteiger partial charge in [0.15, 0.2) is 12.4 Å². The van der Waals surface area contributed by atoms with E-state index in [-0.39, 0.29) is 0 Å². The van der Waals surface area contributed by atoms with Gasteiger partial charge in [-0.15, -0.1) is 0 Å². The van der Waals surface area contributed by atoms with Crippen molar-refractivity contribution in [2.24, 2.45) is 0 Å². The van der Waals surface area contributed by atoms with Gasteiger partial charge in [0.25, 0.3) is 0 Å². The SMILES string of the molecule is COC(=O)[C@@H]1O[C@H](OC)[C@H](OC)[C@@H](OC)[C@@H]1O. The predicted molar refractivity (Wildman–Crippen MR) is 55.3 cm³/mol. The lowest BCUT2D eigenvalue weighted by Crippen LogP contribution is -2.61. The van der Waals surface area contributed by atoms with Gasteiger partial charge in [0.2, 0.25) is 0 Å². The third-order valence-corrected chi connectivity index (χ3v) is 2.73. The van der Waals surface area contributed by atoms with Gasteiger partial charge in [-0.05, 0) is 0 Å². The van der Waals surface area contributed by atoms with Crippen LogP contribution in [0, 0.1) is 0 Å². The average molecular weight is 250 g/mol. The molecule has 0 aromatic heterocycles. The van der Waals surface area contributed by atoms with E-state index >= 15 is 0 Å². The molecule has 5 atom stereocenters. The fraction of sp³-hybridized carbons (Fsp3) is 0.900. The number of hydrogen-bond donors (Lipinski definition) is 1. The molecule has 0 amide bonds. The van der Waals surface area contributed by atoms with Crippen LogP contribution in [0.25, 0.3) is 0 Å². The first-order valence-electron chi connectivity index (χ1n) is 5.10. The summed E-state index contributed by atoms with van der Waals surface area (Å²) in [5, 5.41) is 9.96. The molecule has 1 aliphatic heterocycles. The van der Waals surface area contributed by atoms with Gasteiger partial charge in [-0.1, -0.05) is 0 Å². The van der Waals surface area contributed by atoms with Gasteiger partial charge in [0, 0.05) is 21.3 Å². The molecule has 0 aromatic carbocycles. The summed E-state index contributed by atoms with van der Waals surface area (Å²) in [5.41, 5.74) is 0. The molecule has 0 spiro atoms. The summed E-state index contributed by atoms with van der Waals surface area (Å²) in [4.78, 5) is 11.4. The van der Waals surface area contributed by atoms with Gasteiger partial charge in [-0.3, -0.25) is 0 Å². The highest BCUT2D eigenvalue weighted by Crippen LogP contribution is 2.26. The van der Waals surface area contributed by atoms with E-state index in [0.29, 0.717) is 0 Å². The van der Waals surface area contributed by atoms with Crippen molar-refractivity contribution in [3.05, 3.63) is 0 Å². The van der Waals surface area contributed by atoms with Crippen LogP contribution in [0.1, 0.15) is 0 Å². The minimum atomic E-state index is -1.18. The summed E-state index contributed by atoms with van der Waals surface area (Å²) in [5.74, 6) is -0.684. The Hall–Kier alpha value is -0.730. The normalized spacial score (nSPS) is 37.8. The van der Waals surface area contributed by atoms with Gasteiger partial charge in [-0.2, -0.15) is 0 Å². The summed E-state index contributed by atoms with van der Waals surface area (Å²) in [6.45, 7) is 0. The van der Waals surface area contributed by atoms with Gasteiger partial charge >= 0.3 is 5.97 Å². The number of rotatable bonds is 4. The Morgan fingerprint density at radius 1 is 1.06 bits per heavy atom. The van der Waals surface area contributed by atoms with Crippen molar-refractivity contribution in [1.29, 1.82) is 0 Å². The number of methoxy groups -OCH3 is 4. The van der Waals surface area contributed by atoms with Crippen molar-refractivity contribution < 1.29 is 33.6 Å². The smallest absolute Gasteiger partial charge is 0.337 e. The standard InChI is InChI=1S/C10H18O7/c1-13-6-5(11)7(9(12)15-3)17-10(16-4)8(6)14-2/h5-8,10-11H,1-4H3/t5-,6-,7+,8+,10-/m0/s1. The van der Waals surface area contributed by atoms with E-state index in [1.165, 1.54) is 28.4 Å². The van der Waals surface area contributed by atoms with E-state index in [9.17, 15) is 9.90 Å². The molecule has 1 N–H and O–H groups in total. The zero-order valence-electron chi connectivity index (χ0n) is 10.3. The lowest BCUT2D eigenvalue weighted by atomic mass is 9.98. The minimum absolute atomic E-state index is 0.624. The molecule has 1 aliphatic rings. The van der Waals surface area contributed by atoms with Crippen LogP contribution in [0.5, 0.6) is 0 Å². The Labute approximate surface area is 99.5 Å². The number of esters is 1. The van der Waals surface area contributed by atoms with Crippen molar-refractivity contribution in [2.45, 2.75) is 30.7 Å². The molecule has 0 aromatic rings. The molecular formula is C10H18O7. The summed E-state index contributed by atoms with van der Waals surface area (Å²) in [6.07, 6.45) is -4.49. The van der Waals surface area contributed by atoms with Crippen LogP contribution in [0.2, 0.25) is 0 Å². The predicted octanol–water partition coefficient (Wildman–Crippen LogP) is -1.08. The lowest BCUT2D eigenvalue weighted by Gasteiger charge is -2.41. The summed E-state index contributed by atoms with van der Waals surface area (Å²) in [7, 11) is 5.48. The Morgan fingerprint density at radius 2 is 1.65 bits per heavy atom. The second-order valence-corrected chi connectivity index (χ2v) is 3.58. The molecule has 1 fully saturated rings. The molecule has 1 heterocycles. The molecule has 0 unspecified atom stereocenters. The van der Waals surface area contributed by atoms with Crippen LogP contribution >= 0.6 is 0 Å². The lowest BCUT2D eigenvalue weighted by molar-refractivity contribution is -0.296. The van der Waals surface area contributed by atoms with Crippen molar-refractivity contribution in [1.82, 2.24) is 0 Å². The second kappa shape index (κ2) is 6.27. The Kier molecular flexibility index (Phi) is 5.29. The Bertz CT molecular complexity index is 257. The monoisotopic (exact) mass is 250 g/mol. The molecule has 0 aliphatic carbocycles. The van der Waals surface area contributed by atoms with Gasteiger partial charge in [-0.25, -0.2) is 4.79 Å². The third kappa shape index (κ3) is 2.75. The third-order valence-electron chi connectivity index (χ3n) is 2.73. The Balaban J connectivity index is 2.89. The topological polar surface area (TPSA) is 83.5 Å². The maximum Gasteiger partial charge on any atom is 0.337 e. The summed E-state index contributed by atoms with van der Waals surface area (Å²) in [6, 6.07) is 0. The number of hydrogen-bond acceptors (Lipinski definition) is 7. The van der Waals surface area contributed by atoms with E-state index in [1.54, 1.807) is 0 Å². The molecule has 1 rings (SSSR count). The van der Waals surface area contributed by atoms with Crippen molar-refractivity contribution in [2.75, 3.05) is 28.4 Å². The van der Waals surface area contributed by atoms with E-state index < -0.39 is 36.7 Å². The van der Waals surface area contributed by atoms with E-state index in [1.807, 2.05) is 0 Å². The van der Waals surface area contributed by atoms with Crippen LogP contribution in [-0.4, -0.2) is 70.2 Å². The number of carbonyl (C=O) groups is 1. The molecule has 17 heavy (non-hydrogen) atoms. The van der Waals surface area contributed by atoms with Crippen LogP contribution in [0.4, 0.5) is 0 Å². The first kappa shape index (κ1) is 14.3. The van der Waals surface area contributed by atoms with Crippen LogP contribution in [-0.2, 0) is 28.5 Å². The summed E-state index contributed by atoms with van der Waals surface area (Å²) < 4.78 is 25.1. The van der Waals surface area contributed by atoms with E-state index in [0.717, 1.165) is 0 Å². The molecule has 1 saturated heterocycles. The van der Waals surface area contributed by atoms with Gasteiger partial charge in [0.05, 0.1) is 7.11 Å².